The van der Waals surface area contributed by atoms with Crippen LogP contribution in [0.2, 0.25) is 0 Å². The molecule has 0 aliphatic carbocycles. The standard InChI is InChI=1S/C15H25NO2Si/c1-4-10-15(19(17-5-2)18-6-3)16-13-14-11-8-7-9-12-14/h7-9,11-13,15,19H,4-6,10H2,1-3H3. The summed E-state index contributed by atoms with van der Waals surface area (Å²) in [4.78, 5) is 4.71. The maximum absolute atomic E-state index is 5.79. The van der Waals surface area contributed by atoms with Crippen molar-refractivity contribution < 1.29 is 8.85 Å². The zero-order chi connectivity index (χ0) is 13.9. The van der Waals surface area contributed by atoms with E-state index in [1.807, 2.05) is 38.3 Å². The van der Waals surface area contributed by atoms with Gasteiger partial charge in [-0.05, 0) is 25.8 Å². The highest BCUT2D eigenvalue weighted by Gasteiger charge is 2.24. The average molecular weight is 279 g/mol. The van der Waals surface area contributed by atoms with E-state index in [1.54, 1.807) is 0 Å². The van der Waals surface area contributed by atoms with Crippen molar-refractivity contribution in [1.82, 2.24) is 0 Å². The van der Waals surface area contributed by atoms with Crippen LogP contribution in [-0.4, -0.2) is 34.4 Å². The third-order valence-electron chi connectivity index (χ3n) is 2.78. The van der Waals surface area contributed by atoms with Crippen LogP contribution in [0.3, 0.4) is 0 Å². The highest BCUT2D eigenvalue weighted by Crippen LogP contribution is 2.09. The van der Waals surface area contributed by atoms with Crippen molar-refractivity contribution in [2.45, 2.75) is 39.3 Å². The third kappa shape index (κ3) is 6.14. The van der Waals surface area contributed by atoms with Crippen molar-refractivity contribution in [3.8, 4) is 0 Å². The van der Waals surface area contributed by atoms with Gasteiger partial charge in [0.1, 0.15) is 0 Å². The summed E-state index contributed by atoms with van der Waals surface area (Å²) >= 11 is 0. The smallest absolute Gasteiger partial charge is 0.346 e. The molecule has 1 rings (SSSR count). The highest BCUT2D eigenvalue weighted by molar-refractivity contribution is 6.46. The maximum atomic E-state index is 5.79. The lowest BCUT2D eigenvalue weighted by Crippen LogP contribution is -2.36. The molecular weight excluding hydrogens is 254 g/mol. The summed E-state index contributed by atoms with van der Waals surface area (Å²) < 4.78 is 11.6. The minimum absolute atomic E-state index is 0.199. The van der Waals surface area contributed by atoms with Crippen molar-refractivity contribution in [3.05, 3.63) is 35.9 Å². The van der Waals surface area contributed by atoms with Gasteiger partial charge in [-0.3, -0.25) is 4.99 Å². The van der Waals surface area contributed by atoms with Crippen LogP contribution in [0.5, 0.6) is 0 Å². The maximum Gasteiger partial charge on any atom is 0.346 e. The van der Waals surface area contributed by atoms with Gasteiger partial charge in [-0.25, -0.2) is 0 Å². The van der Waals surface area contributed by atoms with Gasteiger partial charge in [-0.2, -0.15) is 0 Å². The molecule has 0 aliphatic rings. The Labute approximate surface area is 118 Å². The van der Waals surface area contributed by atoms with E-state index in [9.17, 15) is 0 Å². The van der Waals surface area contributed by atoms with E-state index in [2.05, 4.69) is 19.1 Å². The monoisotopic (exact) mass is 279 g/mol. The number of hydrogen-bond acceptors (Lipinski definition) is 3. The van der Waals surface area contributed by atoms with Crippen LogP contribution in [0.25, 0.3) is 0 Å². The van der Waals surface area contributed by atoms with Gasteiger partial charge >= 0.3 is 9.28 Å². The largest absolute Gasteiger partial charge is 0.396 e. The van der Waals surface area contributed by atoms with Crippen molar-refractivity contribution in [3.63, 3.8) is 0 Å². The Hall–Kier alpha value is -0.973. The topological polar surface area (TPSA) is 30.8 Å². The van der Waals surface area contributed by atoms with E-state index in [-0.39, 0.29) is 5.67 Å². The van der Waals surface area contributed by atoms with Crippen LogP contribution in [-0.2, 0) is 8.85 Å². The number of rotatable bonds is 9. The molecule has 3 nitrogen and oxygen atoms in total. The number of aliphatic imine (C=N–C) groups is 1. The average Bonchev–Trinajstić information content (AvgIpc) is 2.44. The summed E-state index contributed by atoms with van der Waals surface area (Å²) in [5.74, 6) is 0. The summed E-state index contributed by atoms with van der Waals surface area (Å²) in [6.07, 6.45) is 4.07. The molecule has 0 amide bonds. The van der Waals surface area contributed by atoms with E-state index < -0.39 is 9.28 Å². The molecule has 19 heavy (non-hydrogen) atoms. The first-order chi connectivity index (χ1) is 9.31. The molecule has 0 N–H and O–H groups in total. The van der Waals surface area contributed by atoms with E-state index >= 15 is 0 Å². The first-order valence-corrected chi connectivity index (χ1v) is 8.74. The van der Waals surface area contributed by atoms with E-state index in [4.69, 9.17) is 13.8 Å². The Balaban J connectivity index is 2.71. The number of benzene rings is 1. The van der Waals surface area contributed by atoms with Gasteiger partial charge < -0.3 is 8.85 Å². The van der Waals surface area contributed by atoms with Gasteiger partial charge in [0.25, 0.3) is 0 Å². The van der Waals surface area contributed by atoms with Gasteiger partial charge in [-0.15, -0.1) is 0 Å². The van der Waals surface area contributed by atoms with E-state index in [0.29, 0.717) is 13.2 Å². The molecule has 0 aromatic heterocycles. The zero-order valence-corrected chi connectivity index (χ0v) is 13.4. The Morgan fingerprint density at radius 3 is 2.26 bits per heavy atom. The van der Waals surface area contributed by atoms with Crippen molar-refractivity contribution in [1.29, 1.82) is 0 Å². The zero-order valence-electron chi connectivity index (χ0n) is 12.2. The van der Waals surface area contributed by atoms with E-state index in [0.717, 1.165) is 18.4 Å². The molecule has 1 aromatic carbocycles. The molecule has 4 heteroatoms. The van der Waals surface area contributed by atoms with Crippen LogP contribution in [0.1, 0.15) is 39.2 Å². The SMILES string of the molecule is CCCC(N=Cc1ccccc1)[SiH](OCC)OCC. The molecule has 0 saturated heterocycles. The summed E-state index contributed by atoms with van der Waals surface area (Å²) in [7, 11) is -1.71. The predicted octanol–water partition coefficient (Wildman–Crippen LogP) is 3.11. The van der Waals surface area contributed by atoms with Crippen LogP contribution in [0.4, 0.5) is 0 Å². The lowest BCUT2D eigenvalue weighted by atomic mass is 10.2. The fraction of sp³-hybridized carbons (Fsp3) is 0.533. The molecule has 1 atom stereocenters. The Morgan fingerprint density at radius 1 is 1.11 bits per heavy atom. The Kier molecular flexibility index (Phi) is 8.37. The second-order valence-corrected chi connectivity index (χ2v) is 6.50. The predicted molar refractivity (Wildman–Crippen MR) is 83.1 cm³/mol. The lowest BCUT2D eigenvalue weighted by Gasteiger charge is -2.21. The fourth-order valence-electron chi connectivity index (χ4n) is 1.90. The molecule has 0 aliphatic heterocycles. The third-order valence-corrected chi connectivity index (χ3v) is 5.23. The van der Waals surface area contributed by atoms with Gasteiger partial charge in [0.2, 0.25) is 0 Å². The quantitative estimate of drug-likeness (QED) is 0.514. The molecular formula is C15H25NO2Si. The summed E-state index contributed by atoms with van der Waals surface area (Å²) in [5.41, 5.74) is 1.33. The summed E-state index contributed by atoms with van der Waals surface area (Å²) in [6.45, 7) is 7.62. The Bertz CT molecular complexity index is 350. The number of nitrogens with zero attached hydrogens (tertiary/aromatic N) is 1. The van der Waals surface area contributed by atoms with Gasteiger partial charge in [0.05, 0.1) is 5.67 Å². The normalized spacial score (nSPS) is 13.3. The highest BCUT2D eigenvalue weighted by atomic mass is 28.3. The second-order valence-electron chi connectivity index (χ2n) is 4.32. The van der Waals surface area contributed by atoms with Crippen molar-refractivity contribution in [2.24, 2.45) is 4.99 Å². The van der Waals surface area contributed by atoms with Crippen molar-refractivity contribution >= 4 is 15.5 Å². The molecule has 0 bridgehead atoms. The van der Waals surface area contributed by atoms with Crippen LogP contribution in [0, 0.1) is 0 Å². The minimum atomic E-state index is -1.71. The van der Waals surface area contributed by atoms with Gasteiger partial charge in [0.15, 0.2) is 0 Å². The summed E-state index contributed by atoms with van der Waals surface area (Å²) in [5, 5.41) is 0. The van der Waals surface area contributed by atoms with Crippen molar-refractivity contribution in [2.75, 3.05) is 13.2 Å². The molecule has 0 spiro atoms. The van der Waals surface area contributed by atoms with Gasteiger partial charge in [-0.1, -0.05) is 43.7 Å². The molecule has 106 valence electrons. The van der Waals surface area contributed by atoms with Crippen LogP contribution < -0.4 is 0 Å². The van der Waals surface area contributed by atoms with Crippen LogP contribution >= 0.6 is 0 Å². The number of hydrogen-bond donors (Lipinski definition) is 0. The molecule has 1 unspecified atom stereocenters. The molecule has 0 radical (unpaired) electrons. The van der Waals surface area contributed by atoms with Gasteiger partial charge in [0, 0.05) is 19.4 Å². The molecule has 0 fully saturated rings. The fourth-order valence-corrected chi connectivity index (χ4v) is 3.93. The first-order valence-electron chi connectivity index (χ1n) is 7.13. The van der Waals surface area contributed by atoms with E-state index in [1.165, 1.54) is 0 Å². The lowest BCUT2D eigenvalue weighted by molar-refractivity contribution is 0.203. The van der Waals surface area contributed by atoms with Crippen LogP contribution in [0.15, 0.2) is 35.3 Å². The first kappa shape index (κ1) is 16.1. The molecule has 1 aromatic rings. The summed E-state index contributed by atoms with van der Waals surface area (Å²) in [6, 6.07) is 10.2. The molecule has 0 heterocycles. The molecule has 0 saturated carbocycles. The Morgan fingerprint density at radius 2 is 1.74 bits per heavy atom. The minimum Gasteiger partial charge on any atom is -0.396 e. The second kappa shape index (κ2) is 9.89.